The molecule has 17 heavy (non-hydrogen) atoms. The van der Waals surface area contributed by atoms with Crippen molar-refractivity contribution in [2.75, 3.05) is 13.1 Å². The van der Waals surface area contributed by atoms with E-state index in [0.717, 1.165) is 44.0 Å². The molecule has 5 heteroatoms. The summed E-state index contributed by atoms with van der Waals surface area (Å²) in [5, 5.41) is 8.91. The molecular weight excluding hydrogens is 218 g/mol. The number of aryl methyl sites for hydroxylation is 1. The monoisotopic (exact) mass is 235 g/mol. The van der Waals surface area contributed by atoms with Gasteiger partial charge in [-0.25, -0.2) is 9.97 Å². The molecule has 0 aromatic carbocycles. The van der Waals surface area contributed by atoms with Crippen LogP contribution in [0.3, 0.4) is 0 Å². The molecule has 0 unspecified atom stereocenters. The minimum atomic E-state index is -0.664. The molecule has 0 amide bonds. The highest BCUT2D eigenvalue weighted by Gasteiger charge is 2.24. The number of piperidine rings is 1. The van der Waals surface area contributed by atoms with Gasteiger partial charge in [0.05, 0.1) is 11.6 Å². The molecule has 1 aliphatic heterocycles. The summed E-state index contributed by atoms with van der Waals surface area (Å²) in [4.78, 5) is 21.5. The molecule has 0 bridgehead atoms. The van der Waals surface area contributed by atoms with Gasteiger partial charge in [0.15, 0.2) is 0 Å². The third-order valence-corrected chi connectivity index (χ3v) is 3.16. The first-order valence-corrected chi connectivity index (χ1v) is 5.89. The van der Waals surface area contributed by atoms with Gasteiger partial charge in [-0.05, 0) is 38.9 Å². The average Bonchev–Trinajstić information content (AvgIpc) is 2.29. The van der Waals surface area contributed by atoms with Crippen molar-refractivity contribution in [1.82, 2.24) is 14.9 Å². The third kappa shape index (κ3) is 3.23. The molecule has 1 aromatic heterocycles. The van der Waals surface area contributed by atoms with Gasteiger partial charge < -0.3 is 5.11 Å². The summed E-state index contributed by atoms with van der Waals surface area (Å²) in [7, 11) is 0. The number of aliphatic carboxylic acids is 1. The maximum absolute atomic E-state index is 10.8. The van der Waals surface area contributed by atoms with Crippen molar-refractivity contribution in [3.8, 4) is 0 Å². The number of aromatic nitrogens is 2. The number of hydrogen-bond acceptors (Lipinski definition) is 4. The molecule has 2 heterocycles. The normalized spacial score (nSPS) is 18.2. The smallest absolute Gasteiger partial charge is 0.306 e. The third-order valence-electron chi connectivity index (χ3n) is 3.16. The lowest BCUT2D eigenvalue weighted by atomic mass is 9.97. The zero-order valence-corrected chi connectivity index (χ0v) is 9.96. The van der Waals surface area contributed by atoms with E-state index in [1.54, 1.807) is 6.20 Å². The van der Waals surface area contributed by atoms with Crippen LogP contribution >= 0.6 is 0 Å². The molecule has 2 rings (SSSR count). The summed E-state index contributed by atoms with van der Waals surface area (Å²) in [5.74, 6) is -0.0520. The Morgan fingerprint density at radius 1 is 1.53 bits per heavy atom. The highest BCUT2D eigenvalue weighted by atomic mass is 16.4. The molecule has 0 radical (unpaired) electrons. The van der Waals surface area contributed by atoms with Crippen LogP contribution in [0.2, 0.25) is 0 Å². The van der Waals surface area contributed by atoms with Crippen LogP contribution in [0.15, 0.2) is 12.3 Å². The molecule has 0 saturated carbocycles. The van der Waals surface area contributed by atoms with Crippen LogP contribution in [-0.2, 0) is 11.3 Å². The van der Waals surface area contributed by atoms with Gasteiger partial charge in [0.25, 0.3) is 0 Å². The van der Waals surface area contributed by atoms with Gasteiger partial charge in [0.1, 0.15) is 5.82 Å². The van der Waals surface area contributed by atoms with E-state index in [1.807, 2.05) is 13.0 Å². The van der Waals surface area contributed by atoms with E-state index in [2.05, 4.69) is 14.9 Å². The first-order valence-electron chi connectivity index (χ1n) is 5.89. The summed E-state index contributed by atoms with van der Waals surface area (Å²) in [6, 6.07) is 1.91. The van der Waals surface area contributed by atoms with Gasteiger partial charge in [0, 0.05) is 12.7 Å². The van der Waals surface area contributed by atoms with Gasteiger partial charge in [-0.1, -0.05) is 0 Å². The number of rotatable bonds is 3. The summed E-state index contributed by atoms with van der Waals surface area (Å²) >= 11 is 0. The van der Waals surface area contributed by atoms with Gasteiger partial charge in [-0.2, -0.15) is 0 Å². The molecule has 0 atom stereocenters. The summed E-state index contributed by atoms with van der Waals surface area (Å²) < 4.78 is 0. The molecule has 1 fully saturated rings. The fourth-order valence-electron chi connectivity index (χ4n) is 2.16. The minimum Gasteiger partial charge on any atom is -0.481 e. The second-order valence-corrected chi connectivity index (χ2v) is 4.48. The number of nitrogens with zero attached hydrogens (tertiary/aromatic N) is 3. The van der Waals surface area contributed by atoms with Crippen LogP contribution in [0.5, 0.6) is 0 Å². The molecule has 1 aliphatic rings. The maximum Gasteiger partial charge on any atom is 0.306 e. The van der Waals surface area contributed by atoms with Crippen LogP contribution in [0.4, 0.5) is 0 Å². The summed E-state index contributed by atoms with van der Waals surface area (Å²) in [6.07, 6.45) is 3.24. The lowest BCUT2D eigenvalue weighted by molar-refractivity contribution is -0.143. The van der Waals surface area contributed by atoms with Crippen molar-refractivity contribution in [2.24, 2.45) is 5.92 Å². The zero-order valence-electron chi connectivity index (χ0n) is 9.96. The van der Waals surface area contributed by atoms with Gasteiger partial charge in [-0.15, -0.1) is 0 Å². The molecule has 1 aromatic rings. The Kier molecular flexibility index (Phi) is 3.68. The van der Waals surface area contributed by atoms with Crippen LogP contribution in [0, 0.1) is 12.8 Å². The van der Waals surface area contributed by atoms with Gasteiger partial charge in [-0.3, -0.25) is 9.69 Å². The minimum absolute atomic E-state index is 0.168. The lowest BCUT2D eigenvalue weighted by Crippen LogP contribution is -2.36. The molecule has 0 spiro atoms. The summed E-state index contributed by atoms with van der Waals surface area (Å²) in [5.41, 5.74) is 1.01. The van der Waals surface area contributed by atoms with E-state index >= 15 is 0 Å². The Bertz CT molecular complexity index is 400. The standard InChI is InChI=1S/C12H17N3O2/c1-9-13-5-2-11(14-9)8-15-6-3-10(4-7-15)12(16)17/h2,5,10H,3-4,6-8H2,1H3,(H,16,17). The van der Waals surface area contributed by atoms with Crippen molar-refractivity contribution in [3.05, 3.63) is 23.8 Å². The van der Waals surface area contributed by atoms with E-state index < -0.39 is 5.97 Å². The highest BCUT2D eigenvalue weighted by Crippen LogP contribution is 2.18. The topological polar surface area (TPSA) is 66.3 Å². The second-order valence-electron chi connectivity index (χ2n) is 4.48. The van der Waals surface area contributed by atoms with Gasteiger partial charge >= 0.3 is 5.97 Å². The first-order chi connectivity index (χ1) is 8.15. The Balaban J connectivity index is 1.88. The van der Waals surface area contributed by atoms with E-state index in [4.69, 9.17) is 5.11 Å². The fraction of sp³-hybridized carbons (Fsp3) is 0.583. The number of carboxylic acids is 1. The maximum atomic E-state index is 10.8. The molecular formula is C12H17N3O2. The number of likely N-dealkylation sites (tertiary alicyclic amines) is 1. The number of carbonyl (C=O) groups is 1. The Hall–Kier alpha value is -1.49. The highest BCUT2D eigenvalue weighted by molar-refractivity contribution is 5.70. The predicted molar refractivity (Wildman–Crippen MR) is 62.4 cm³/mol. The van der Waals surface area contributed by atoms with Crippen molar-refractivity contribution >= 4 is 5.97 Å². The van der Waals surface area contributed by atoms with Gasteiger partial charge in [0.2, 0.25) is 0 Å². The Labute approximate surface area is 100 Å². The predicted octanol–water partition coefficient (Wildman–Crippen LogP) is 1.08. The van der Waals surface area contributed by atoms with Crippen LogP contribution < -0.4 is 0 Å². The van der Waals surface area contributed by atoms with E-state index in [1.165, 1.54) is 0 Å². The molecule has 0 aliphatic carbocycles. The molecule has 5 nitrogen and oxygen atoms in total. The Morgan fingerprint density at radius 2 is 2.24 bits per heavy atom. The number of hydrogen-bond donors (Lipinski definition) is 1. The van der Waals surface area contributed by atoms with Crippen molar-refractivity contribution < 1.29 is 9.90 Å². The van der Waals surface area contributed by atoms with Crippen molar-refractivity contribution in [1.29, 1.82) is 0 Å². The van der Waals surface area contributed by atoms with E-state index in [0.29, 0.717) is 0 Å². The van der Waals surface area contributed by atoms with Crippen LogP contribution in [0.25, 0.3) is 0 Å². The van der Waals surface area contributed by atoms with Crippen LogP contribution in [-0.4, -0.2) is 39.0 Å². The summed E-state index contributed by atoms with van der Waals surface area (Å²) in [6.45, 7) is 4.33. The zero-order chi connectivity index (χ0) is 12.3. The Morgan fingerprint density at radius 3 is 2.82 bits per heavy atom. The average molecular weight is 235 g/mol. The SMILES string of the molecule is Cc1nccc(CN2CCC(C(=O)O)CC2)n1. The van der Waals surface area contributed by atoms with Crippen molar-refractivity contribution in [3.63, 3.8) is 0 Å². The second kappa shape index (κ2) is 5.23. The lowest BCUT2D eigenvalue weighted by Gasteiger charge is -2.29. The quantitative estimate of drug-likeness (QED) is 0.849. The molecule has 1 saturated heterocycles. The largest absolute Gasteiger partial charge is 0.481 e. The molecule has 1 N–H and O–H groups in total. The van der Waals surface area contributed by atoms with Crippen molar-refractivity contribution in [2.45, 2.75) is 26.3 Å². The molecule has 92 valence electrons. The fourth-order valence-corrected chi connectivity index (χ4v) is 2.16. The van der Waals surface area contributed by atoms with Crippen LogP contribution in [0.1, 0.15) is 24.4 Å². The van der Waals surface area contributed by atoms with E-state index in [-0.39, 0.29) is 5.92 Å². The number of carboxylic acid groups (broad SMARTS) is 1. The van der Waals surface area contributed by atoms with E-state index in [9.17, 15) is 4.79 Å². The first kappa shape index (κ1) is 12.0.